The fourth-order valence-electron chi connectivity index (χ4n) is 3.81. The zero-order valence-electron chi connectivity index (χ0n) is 19.2. The molecule has 4 nitrogen and oxygen atoms in total. The van der Waals surface area contributed by atoms with E-state index in [4.69, 9.17) is 4.74 Å². The highest BCUT2D eigenvalue weighted by molar-refractivity contribution is 5.81. The third-order valence-electron chi connectivity index (χ3n) is 5.70. The van der Waals surface area contributed by atoms with Crippen molar-refractivity contribution in [2.75, 3.05) is 13.2 Å². The van der Waals surface area contributed by atoms with Gasteiger partial charge in [0.2, 0.25) is 5.91 Å². The number of nitrogens with zero attached hydrogens (tertiary/aromatic N) is 1. The van der Waals surface area contributed by atoms with Crippen molar-refractivity contribution in [1.82, 2.24) is 4.90 Å². The van der Waals surface area contributed by atoms with Crippen LogP contribution in [0.15, 0.2) is 36.4 Å². The summed E-state index contributed by atoms with van der Waals surface area (Å²) >= 11 is 0. The number of esters is 1. The highest BCUT2D eigenvalue weighted by atomic mass is 19.4. The normalized spacial score (nSPS) is 14.1. The van der Waals surface area contributed by atoms with E-state index in [1.54, 1.807) is 13.8 Å². The second kappa shape index (κ2) is 10.3. The maximum absolute atomic E-state index is 13.6. The van der Waals surface area contributed by atoms with E-state index in [9.17, 15) is 35.9 Å². The molecule has 2 aromatic carbocycles. The fraction of sp³-hybridized carbons (Fsp3) is 0.440. The first-order chi connectivity index (χ1) is 16.3. The Morgan fingerprint density at radius 1 is 0.943 bits per heavy atom. The second-order valence-electron chi connectivity index (χ2n) is 8.39. The minimum Gasteiger partial charge on any atom is -0.466 e. The average molecular weight is 501 g/mol. The Kier molecular flexibility index (Phi) is 7.81. The number of halogens is 6. The van der Waals surface area contributed by atoms with Gasteiger partial charge in [-0.1, -0.05) is 12.1 Å². The Hall–Kier alpha value is -3.04. The molecule has 0 radical (unpaired) electrons. The molecule has 1 amide bonds. The van der Waals surface area contributed by atoms with Gasteiger partial charge in [0.25, 0.3) is 0 Å². The largest absolute Gasteiger partial charge is 0.466 e. The van der Waals surface area contributed by atoms with Crippen LogP contribution in [0.5, 0.6) is 0 Å². The van der Waals surface area contributed by atoms with Crippen molar-refractivity contribution in [3.63, 3.8) is 0 Å². The van der Waals surface area contributed by atoms with Gasteiger partial charge in [0, 0.05) is 19.0 Å². The van der Waals surface area contributed by atoms with Crippen LogP contribution in [-0.2, 0) is 39.6 Å². The first kappa shape index (κ1) is 26.6. The molecule has 35 heavy (non-hydrogen) atoms. The third kappa shape index (κ3) is 6.76. The van der Waals surface area contributed by atoms with Gasteiger partial charge in [-0.15, -0.1) is 0 Å². The summed E-state index contributed by atoms with van der Waals surface area (Å²) in [5, 5.41) is 0. The number of rotatable bonds is 8. The maximum Gasteiger partial charge on any atom is 0.416 e. The van der Waals surface area contributed by atoms with Crippen molar-refractivity contribution in [3.8, 4) is 11.1 Å². The molecule has 0 N–H and O–H groups in total. The minimum atomic E-state index is -4.75. The number of carbonyl (C=O) groups is 2. The summed E-state index contributed by atoms with van der Waals surface area (Å²) in [6, 6.07) is 5.75. The molecule has 2 aromatic rings. The minimum absolute atomic E-state index is 0.00206. The van der Waals surface area contributed by atoms with Gasteiger partial charge in [-0.25, -0.2) is 0 Å². The fourth-order valence-corrected chi connectivity index (χ4v) is 3.81. The molecule has 0 unspecified atom stereocenters. The number of alkyl halides is 6. The van der Waals surface area contributed by atoms with Crippen LogP contribution in [0.25, 0.3) is 11.1 Å². The molecule has 1 saturated carbocycles. The summed E-state index contributed by atoms with van der Waals surface area (Å²) in [4.78, 5) is 25.9. The smallest absolute Gasteiger partial charge is 0.416 e. The van der Waals surface area contributed by atoms with Crippen LogP contribution in [0.4, 0.5) is 26.3 Å². The van der Waals surface area contributed by atoms with E-state index in [1.807, 2.05) is 0 Å². The van der Waals surface area contributed by atoms with Gasteiger partial charge < -0.3 is 9.64 Å². The standard InChI is InChI=1S/C25H25F6NO3/c1-3-32(23(34)16-5-6-16)14-18-13-19(24(26,27)28)7-8-21(18)17-9-15(11-22(33)35-4-2)10-20(12-17)25(29,30)31/h7-10,12-13,16H,3-6,11,14H2,1-2H3. The molecule has 0 aliphatic heterocycles. The molecule has 0 bridgehead atoms. The van der Waals surface area contributed by atoms with Crippen LogP contribution in [0, 0.1) is 5.92 Å². The molecule has 0 aromatic heterocycles. The zero-order valence-corrected chi connectivity index (χ0v) is 19.2. The summed E-state index contributed by atoms with van der Waals surface area (Å²) in [7, 11) is 0. The Bertz CT molecular complexity index is 1090. The van der Waals surface area contributed by atoms with Crippen LogP contribution in [0.1, 0.15) is 48.9 Å². The number of benzene rings is 2. The monoisotopic (exact) mass is 501 g/mol. The number of hydrogen-bond acceptors (Lipinski definition) is 3. The first-order valence-corrected chi connectivity index (χ1v) is 11.2. The molecular formula is C25H25F6NO3. The molecular weight excluding hydrogens is 476 g/mol. The Labute approximate surface area is 198 Å². The topological polar surface area (TPSA) is 46.6 Å². The highest BCUT2D eigenvalue weighted by Gasteiger charge is 2.35. The average Bonchev–Trinajstić information content (AvgIpc) is 3.61. The number of amides is 1. The van der Waals surface area contributed by atoms with E-state index < -0.39 is 35.9 Å². The first-order valence-electron chi connectivity index (χ1n) is 11.2. The quantitative estimate of drug-likeness (QED) is 0.317. The van der Waals surface area contributed by atoms with Crippen molar-refractivity contribution < 1.29 is 40.7 Å². The van der Waals surface area contributed by atoms with Gasteiger partial charge in [-0.05, 0) is 73.2 Å². The number of ether oxygens (including phenoxy) is 1. The molecule has 190 valence electrons. The highest BCUT2D eigenvalue weighted by Crippen LogP contribution is 2.38. The number of hydrogen-bond donors (Lipinski definition) is 0. The summed E-state index contributed by atoms with van der Waals surface area (Å²) in [6.07, 6.45) is -8.44. The molecule has 1 aliphatic carbocycles. The summed E-state index contributed by atoms with van der Waals surface area (Å²) in [5.74, 6) is -1.09. The van der Waals surface area contributed by atoms with Gasteiger partial charge in [-0.3, -0.25) is 9.59 Å². The lowest BCUT2D eigenvalue weighted by Crippen LogP contribution is -2.31. The molecule has 1 fully saturated rings. The number of carbonyl (C=O) groups excluding carboxylic acids is 2. The van der Waals surface area contributed by atoms with E-state index in [1.165, 1.54) is 11.0 Å². The van der Waals surface area contributed by atoms with Gasteiger partial charge in [-0.2, -0.15) is 26.3 Å². The van der Waals surface area contributed by atoms with E-state index in [2.05, 4.69) is 0 Å². The molecule has 0 heterocycles. The molecule has 3 rings (SSSR count). The van der Waals surface area contributed by atoms with Crippen LogP contribution < -0.4 is 0 Å². The van der Waals surface area contributed by atoms with Crippen LogP contribution in [-0.4, -0.2) is 29.9 Å². The van der Waals surface area contributed by atoms with E-state index in [0.717, 1.165) is 30.3 Å². The molecule has 0 atom stereocenters. The predicted octanol–water partition coefficient (Wildman–Crippen LogP) is 6.26. The Balaban J connectivity index is 2.12. The van der Waals surface area contributed by atoms with Crippen LogP contribution in [0.3, 0.4) is 0 Å². The Morgan fingerprint density at radius 3 is 2.14 bits per heavy atom. The summed E-state index contributed by atoms with van der Waals surface area (Å²) < 4.78 is 86.0. The van der Waals surface area contributed by atoms with E-state index in [0.29, 0.717) is 12.8 Å². The molecule has 0 saturated heterocycles. The molecule has 10 heteroatoms. The third-order valence-corrected chi connectivity index (χ3v) is 5.70. The maximum atomic E-state index is 13.6. The van der Waals surface area contributed by atoms with Crippen molar-refractivity contribution in [3.05, 3.63) is 58.7 Å². The lowest BCUT2D eigenvalue weighted by atomic mass is 9.93. The zero-order chi connectivity index (χ0) is 26.0. The van der Waals surface area contributed by atoms with Gasteiger partial charge in [0.05, 0.1) is 24.2 Å². The van der Waals surface area contributed by atoms with Crippen molar-refractivity contribution in [2.24, 2.45) is 5.92 Å². The van der Waals surface area contributed by atoms with E-state index in [-0.39, 0.29) is 53.8 Å². The van der Waals surface area contributed by atoms with Crippen molar-refractivity contribution in [1.29, 1.82) is 0 Å². The van der Waals surface area contributed by atoms with Crippen molar-refractivity contribution >= 4 is 11.9 Å². The van der Waals surface area contributed by atoms with Crippen LogP contribution in [0.2, 0.25) is 0 Å². The Morgan fingerprint density at radius 2 is 1.60 bits per heavy atom. The van der Waals surface area contributed by atoms with Gasteiger partial charge in [0.15, 0.2) is 0 Å². The predicted molar refractivity (Wildman–Crippen MR) is 116 cm³/mol. The second-order valence-corrected chi connectivity index (χ2v) is 8.39. The molecule has 0 spiro atoms. The summed E-state index contributed by atoms with van der Waals surface area (Å²) in [6.45, 7) is 3.35. The lowest BCUT2D eigenvalue weighted by molar-refractivity contribution is -0.142. The van der Waals surface area contributed by atoms with E-state index >= 15 is 0 Å². The SMILES string of the molecule is CCOC(=O)Cc1cc(-c2ccc(C(F)(F)F)cc2CN(CC)C(=O)C2CC2)cc(C(F)(F)F)c1. The summed E-state index contributed by atoms with van der Waals surface area (Å²) in [5.41, 5.74) is -1.81. The van der Waals surface area contributed by atoms with Crippen molar-refractivity contribution in [2.45, 2.75) is 52.0 Å². The lowest BCUT2D eigenvalue weighted by Gasteiger charge is -2.24. The van der Waals surface area contributed by atoms with Gasteiger partial charge in [0.1, 0.15) is 0 Å². The van der Waals surface area contributed by atoms with Gasteiger partial charge >= 0.3 is 18.3 Å². The molecule has 1 aliphatic rings. The van der Waals surface area contributed by atoms with Crippen LogP contribution >= 0.6 is 0 Å².